The summed E-state index contributed by atoms with van der Waals surface area (Å²) < 4.78 is 0. The van der Waals surface area contributed by atoms with Gasteiger partial charge >= 0.3 is 0 Å². The average Bonchev–Trinajstić information content (AvgIpc) is 2.95. The van der Waals surface area contributed by atoms with Crippen molar-refractivity contribution in [1.29, 1.82) is 0 Å². The number of aromatic nitrogens is 1. The van der Waals surface area contributed by atoms with Gasteiger partial charge in [0.15, 0.2) is 5.13 Å². The maximum absolute atomic E-state index is 12.4. The molecule has 0 aliphatic heterocycles. The molecule has 1 aromatic heterocycles. The molecule has 0 saturated carbocycles. The first-order valence-electron chi connectivity index (χ1n) is 7.58. The predicted octanol–water partition coefficient (Wildman–Crippen LogP) is 3.34. The van der Waals surface area contributed by atoms with E-state index >= 15 is 0 Å². The van der Waals surface area contributed by atoms with E-state index in [-0.39, 0.29) is 5.56 Å². The van der Waals surface area contributed by atoms with Gasteiger partial charge in [-0.05, 0) is 31.2 Å². The number of benzene rings is 1. The Balaban J connectivity index is 1.86. The number of amides is 1. The highest BCUT2D eigenvalue weighted by Gasteiger charge is 2.26. The zero-order valence-electron chi connectivity index (χ0n) is 13.2. The van der Waals surface area contributed by atoms with Crippen molar-refractivity contribution in [2.45, 2.75) is 26.2 Å². The highest BCUT2D eigenvalue weighted by Crippen LogP contribution is 2.33. The minimum Gasteiger partial charge on any atom is -0.298 e. The zero-order valence-corrected chi connectivity index (χ0v) is 14.0. The van der Waals surface area contributed by atoms with Gasteiger partial charge in [0.25, 0.3) is 17.3 Å². The summed E-state index contributed by atoms with van der Waals surface area (Å²) in [5.41, 5.74) is -0.336. The number of aryl methyl sites for hydroxylation is 1. The minimum absolute atomic E-state index is 0.239. The largest absolute Gasteiger partial charge is 0.298 e. The molecule has 1 aliphatic carbocycles. The molecular weight excluding hydrogens is 348 g/mol. The fourth-order valence-corrected chi connectivity index (χ4v) is 3.90. The van der Waals surface area contributed by atoms with Gasteiger partial charge in [0.1, 0.15) is 5.56 Å². The molecule has 1 aromatic carbocycles. The van der Waals surface area contributed by atoms with Crippen molar-refractivity contribution >= 4 is 33.8 Å². The molecule has 1 atom stereocenters. The molecule has 1 amide bonds. The number of thiazole rings is 1. The van der Waals surface area contributed by atoms with E-state index in [1.807, 2.05) is 0 Å². The van der Waals surface area contributed by atoms with Gasteiger partial charge in [-0.25, -0.2) is 4.98 Å². The Kier molecular flexibility index (Phi) is 4.45. The van der Waals surface area contributed by atoms with Crippen LogP contribution in [-0.4, -0.2) is 20.7 Å². The fraction of sp³-hybridized carbons (Fsp3) is 0.333. The Bertz CT molecular complexity index is 879. The summed E-state index contributed by atoms with van der Waals surface area (Å²) >= 11 is 1.36. The maximum atomic E-state index is 12.4. The summed E-state index contributed by atoms with van der Waals surface area (Å²) in [6.07, 6.45) is 2.79. The Morgan fingerprint density at radius 2 is 2.08 bits per heavy atom. The van der Waals surface area contributed by atoms with Gasteiger partial charge in [-0.15, -0.1) is 11.3 Å². The summed E-state index contributed by atoms with van der Waals surface area (Å²) in [6.45, 7) is 2.15. The molecule has 130 valence electrons. The molecule has 3 rings (SSSR count). The van der Waals surface area contributed by atoms with Gasteiger partial charge in [0, 0.05) is 10.9 Å². The molecule has 0 fully saturated rings. The summed E-state index contributed by atoms with van der Waals surface area (Å²) in [5.74, 6) is -0.145. The van der Waals surface area contributed by atoms with Crippen LogP contribution in [0.1, 0.15) is 34.3 Å². The normalized spacial score (nSPS) is 16.1. The summed E-state index contributed by atoms with van der Waals surface area (Å²) in [4.78, 5) is 38.2. The van der Waals surface area contributed by atoms with Crippen molar-refractivity contribution in [1.82, 2.24) is 4.98 Å². The molecule has 1 aliphatic rings. The predicted molar refractivity (Wildman–Crippen MR) is 91.0 cm³/mol. The average molecular weight is 362 g/mol. The standard InChI is InChI=1S/C15H14N4O5S/c1-8-2-5-11-13(6-8)25-15(16-11)17-14(20)10-4-3-9(18(21)22)7-12(10)19(23)24/h3-4,7-8H,2,5-6H2,1H3,(H,16,17,20)/t8-/m0/s1. The van der Waals surface area contributed by atoms with E-state index in [9.17, 15) is 25.0 Å². The quantitative estimate of drug-likeness (QED) is 0.656. The molecule has 0 bridgehead atoms. The molecule has 0 spiro atoms. The van der Waals surface area contributed by atoms with Crippen LogP contribution in [0.25, 0.3) is 0 Å². The number of hydrogen-bond acceptors (Lipinski definition) is 7. The maximum Gasteiger partial charge on any atom is 0.289 e. The topological polar surface area (TPSA) is 128 Å². The second-order valence-electron chi connectivity index (χ2n) is 5.91. The fourth-order valence-electron chi connectivity index (χ4n) is 2.73. The third kappa shape index (κ3) is 3.48. The number of anilines is 1. The first-order valence-corrected chi connectivity index (χ1v) is 8.39. The van der Waals surface area contributed by atoms with Crippen molar-refractivity contribution < 1.29 is 14.6 Å². The van der Waals surface area contributed by atoms with E-state index in [1.54, 1.807) is 0 Å². The first-order chi connectivity index (χ1) is 11.8. The van der Waals surface area contributed by atoms with E-state index in [0.29, 0.717) is 11.0 Å². The second-order valence-corrected chi connectivity index (χ2v) is 6.99. The Labute approximate surface area is 146 Å². The van der Waals surface area contributed by atoms with E-state index in [1.165, 1.54) is 11.3 Å². The van der Waals surface area contributed by atoms with Crippen molar-refractivity contribution in [2.75, 3.05) is 5.32 Å². The number of non-ortho nitro benzene ring substituents is 1. The summed E-state index contributed by atoms with van der Waals surface area (Å²) in [5, 5.41) is 24.9. The number of nitrogens with zero attached hydrogens (tertiary/aromatic N) is 3. The number of nitrogens with one attached hydrogen (secondary N) is 1. The van der Waals surface area contributed by atoms with Crippen LogP contribution in [0.2, 0.25) is 0 Å². The number of carbonyl (C=O) groups is 1. The SMILES string of the molecule is C[C@H]1CCc2nc(NC(=O)c3ccc([N+](=O)[O-])cc3[N+](=O)[O-])sc2C1. The van der Waals surface area contributed by atoms with Crippen LogP contribution >= 0.6 is 11.3 Å². The highest BCUT2D eigenvalue weighted by molar-refractivity contribution is 7.15. The lowest BCUT2D eigenvalue weighted by Crippen LogP contribution is -2.14. The molecular formula is C15H14N4O5S. The lowest BCUT2D eigenvalue weighted by Gasteiger charge is -2.15. The Morgan fingerprint density at radius 3 is 2.76 bits per heavy atom. The van der Waals surface area contributed by atoms with E-state index in [4.69, 9.17) is 0 Å². The Hall–Kier alpha value is -2.88. The number of nitro benzene ring substituents is 2. The molecule has 25 heavy (non-hydrogen) atoms. The van der Waals surface area contributed by atoms with Crippen molar-refractivity contribution in [3.8, 4) is 0 Å². The molecule has 1 heterocycles. The monoisotopic (exact) mass is 362 g/mol. The molecule has 2 aromatic rings. The highest BCUT2D eigenvalue weighted by atomic mass is 32.1. The van der Waals surface area contributed by atoms with Gasteiger partial charge < -0.3 is 0 Å². The number of carbonyl (C=O) groups excluding carboxylic acids is 1. The van der Waals surface area contributed by atoms with E-state index < -0.39 is 27.1 Å². The summed E-state index contributed by atoms with van der Waals surface area (Å²) in [6, 6.07) is 2.93. The number of hydrogen-bond donors (Lipinski definition) is 1. The Morgan fingerprint density at radius 1 is 1.32 bits per heavy atom. The molecule has 10 heteroatoms. The van der Waals surface area contributed by atoms with Crippen LogP contribution in [0.15, 0.2) is 18.2 Å². The lowest BCUT2D eigenvalue weighted by molar-refractivity contribution is -0.394. The third-order valence-corrected chi connectivity index (χ3v) is 5.08. The van der Waals surface area contributed by atoms with Crippen molar-refractivity contribution in [3.05, 3.63) is 54.6 Å². The van der Waals surface area contributed by atoms with Crippen LogP contribution in [-0.2, 0) is 12.8 Å². The smallest absolute Gasteiger partial charge is 0.289 e. The van der Waals surface area contributed by atoms with Crippen LogP contribution < -0.4 is 5.32 Å². The van der Waals surface area contributed by atoms with Crippen LogP contribution in [0.5, 0.6) is 0 Å². The minimum atomic E-state index is -0.809. The summed E-state index contributed by atoms with van der Waals surface area (Å²) in [7, 11) is 0. The third-order valence-electron chi connectivity index (χ3n) is 4.04. The van der Waals surface area contributed by atoms with Gasteiger partial charge in [-0.1, -0.05) is 6.92 Å². The van der Waals surface area contributed by atoms with E-state index in [0.717, 1.165) is 48.0 Å². The van der Waals surface area contributed by atoms with E-state index in [2.05, 4.69) is 17.2 Å². The van der Waals surface area contributed by atoms with Gasteiger partial charge in [-0.2, -0.15) is 0 Å². The van der Waals surface area contributed by atoms with Crippen molar-refractivity contribution in [2.24, 2.45) is 5.92 Å². The lowest BCUT2D eigenvalue weighted by atomic mass is 9.93. The van der Waals surface area contributed by atoms with Gasteiger partial charge in [0.05, 0.1) is 21.6 Å². The molecule has 0 radical (unpaired) electrons. The zero-order chi connectivity index (χ0) is 18.1. The number of rotatable bonds is 4. The number of nitro groups is 2. The van der Waals surface area contributed by atoms with Gasteiger partial charge in [0.2, 0.25) is 0 Å². The molecule has 9 nitrogen and oxygen atoms in total. The van der Waals surface area contributed by atoms with Crippen LogP contribution in [0.3, 0.4) is 0 Å². The molecule has 0 saturated heterocycles. The molecule has 1 N–H and O–H groups in total. The van der Waals surface area contributed by atoms with Crippen LogP contribution in [0, 0.1) is 26.1 Å². The van der Waals surface area contributed by atoms with Crippen molar-refractivity contribution in [3.63, 3.8) is 0 Å². The van der Waals surface area contributed by atoms with Crippen LogP contribution in [0.4, 0.5) is 16.5 Å². The molecule has 0 unspecified atom stereocenters. The van der Waals surface area contributed by atoms with Gasteiger partial charge in [-0.3, -0.25) is 30.3 Å². The number of fused-ring (bicyclic) bond motifs is 1. The first kappa shape index (κ1) is 17.0. The second kappa shape index (κ2) is 6.55.